The molecular formula is C15H23Cl2F3N2O. The van der Waals surface area contributed by atoms with E-state index >= 15 is 0 Å². The van der Waals surface area contributed by atoms with Gasteiger partial charge in [-0.2, -0.15) is 13.2 Å². The molecule has 23 heavy (non-hydrogen) atoms. The number of benzene rings is 1. The highest BCUT2D eigenvalue weighted by Crippen LogP contribution is 2.32. The highest BCUT2D eigenvalue weighted by atomic mass is 35.5. The fraction of sp³-hybridized carbons (Fsp3) is 0.600. The molecule has 0 saturated carbocycles. The maximum atomic E-state index is 12.6. The molecule has 0 bridgehead atoms. The van der Waals surface area contributed by atoms with Gasteiger partial charge in [0.25, 0.3) is 0 Å². The number of hydrogen-bond acceptors (Lipinski definition) is 3. The molecule has 0 aliphatic carbocycles. The van der Waals surface area contributed by atoms with Gasteiger partial charge in [-0.1, -0.05) is 12.1 Å². The lowest BCUT2D eigenvalue weighted by Gasteiger charge is -2.35. The van der Waals surface area contributed by atoms with Crippen molar-refractivity contribution in [1.82, 2.24) is 10.2 Å². The summed E-state index contributed by atoms with van der Waals surface area (Å²) in [5.74, 6) is 0.680. The molecular weight excluding hydrogens is 352 g/mol. The smallest absolute Gasteiger partial charge is 0.389 e. The van der Waals surface area contributed by atoms with Gasteiger partial charge >= 0.3 is 6.18 Å². The van der Waals surface area contributed by atoms with E-state index in [0.717, 1.165) is 31.7 Å². The topological polar surface area (TPSA) is 24.5 Å². The van der Waals surface area contributed by atoms with E-state index in [1.165, 1.54) is 0 Å². The van der Waals surface area contributed by atoms with E-state index in [2.05, 4.69) is 10.2 Å². The molecule has 1 fully saturated rings. The summed E-state index contributed by atoms with van der Waals surface area (Å²) >= 11 is 0. The first-order chi connectivity index (χ1) is 9.99. The highest BCUT2D eigenvalue weighted by Gasteiger charge is 2.31. The largest absolute Gasteiger partial charge is 0.497 e. The zero-order chi connectivity index (χ0) is 15.3. The van der Waals surface area contributed by atoms with Gasteiger partial charge in [0.2, 0.25) is 0 Å². The third-order valence-corrected chi connectivity index (χ3v) is 3.77. The van der Waals surface area contributed by atoms with Crippen molar-refractivity contribution >= 4 is 24.8 Å². The Bertz CT molecular complexity index is 455. The van der Waals surface area contributed by atoms with Gasteiger partial charge < -0.3 is 10.1 Å². The predicted molar refractivity (Wildman–Crippen MR) is 90.0 cm³/mol. The van der Waals surface area contributed by atoms with Crippen LogP contribution in [0.1, 0.15) is 24.4 Å². The predicted octanol–water partition coefficient (Wildman–Crippen LogP) is 3.83. The van der Waals surface area contributed by atoms with Gasteiger partial charge in [-0.3, -0.25) is 4.90 Å². The van der Waals surface area contributed by atoms with E-state index in [1.807, 2.05) is 24.3 Å². The van der Waals surface area contributed by atoms with Crippen LogP contribution in [0.25, 0.3) is 0 Å². The molecule has 0 unspecified atom stereocenters. The summed E-state index contributed by atoms with van der Waals surface area (Å²) in [5.41, 5.74) is 0.889. The second-order valence-corrected chi connectivity index (χ2v) is 5.23. The number of nitrogens with zero attached hydrogens (tertiary/aromatic N) is 1. The Morgan fingerprint density at radius 1 is 1.22 bits per heavy atom. The van der Waals surface area contributed by atoms with Crippen LogP contribution in [0.5, 0.6) is 5.75 Å². The van der Waals surface area contributed by atoms with E-state index in [0.29, 0.717) is 5.75 Å². The van der Waals surface area contributed by atoms with Crippen molar-refractivity contribution in [1.29, 1.82) is 0 Å². The van der Waals surface area contributed by atoms with Gasteiger partial charge in [-0.05, 0) is 24.1 Å². The van der Waals surface area contributed by atoms with E-state index < -0.39 is 12.6 Å². The normalized spacial score (nSPS) is 16.9. The summed E-state index contributed by atoms with van der Waals surface area (Å²) in [4.78, 5) is 2.12. The molecule has 2 rings (SSSR count). The van der Waals surface area contributed by atoms with Crippen molar-refractivity contribution in [2.45, 2.75) is 25.1 Å². The van der Waals surface area contributed by atoms with E-state index in [1.54, 1.807) is 7.11 Å². The molecule has 1 aliphatic heterocycles. The molecule has 1 N–H and O–H groups in total. The first-order valence-electron chi connectivity index (χ1n) is 7.15. The molecule has 1 atom stereocenters. The van der Waals surface area contributed by atoms with Gasteiger partial charge in [-0.15, -0.1) is 24.8 Å². The molecule has 1 saturated heterocycles. The maximum absolute atomic E-state index is 12.6. The number of piperazine rings is 1. The standard InChI is InChI=1S/C15H21F3N2O.2ClH/c1-21-13-4-2-3-12(11-13)14(5-6-15(16,17)18)20-9-7-19-8-10-20;;/h2-4,11,14,19H,5-10H2,1H3;2*1H/t14-;;/m1../s1. The molecule has 1 aromatic carbocycles. The van der Waals surface area contributed by atoms with Crippen molar-refractivity contribution in [2.75, 3.05) is 33.3 Å². The Kier molecular flexibility index (Phi) is 9.93. The molecule has 3 nitrogen and oxygen atoms in total. The summed E-state index contributed by atoms with van der Waals surface area (Å²) in [5, 5.41) is 3.23. The Labute approximate surface area is 147 Å². The number of halogens is 5. The van der Waals surface area contributed by atoms with Crippen molar-refractivity contribution in [2.24, 2.45) is 0 Å². The van der Waals surface area contributed by atoms with Crippen LogP contribution in [0.15, 0.2) is 24.3 Å². The SMILES string of the molecule is COc1cccc([C@@H](CCC(F)(F)F)N2CCNCC2)c1.Cl.Cl. The Morgan fingerprint density at radius 2 is 1.87 bits per heavy atom. The van der Waals surface area contributed by atoms with Crippen LogP contribution in [0.4, 0.5) is 13.2 Å². The summed E-state index contributed by atoms with van der Waals surface area (Å²) < 4.78 is 43.0. The van der Waals surface area contributed by atoms with Crippen LogP contribution in [-0.2, 0) is 0 Å². The molecule has 1 aliphatic rings. The van der Waals surface area contributed by atoms with Crippen molar-refractivity contribution in [3.05, 3.63) is 29.8 Å². The molecule has 8 heteroatoms. The van der Waals surface area contributed by atoms with Gasteiger partial charge in [0.1, 0.15) is 5.75 Å². The number of methoxy groups -OCH3 is 1. The number of ether oxygens (including phenoxy) is 1. The third kappa shape index (κ3) is 7.16. The monoisotopic (exact) mass is 374 g/mol. The minimum Gasteiger partial charge on any atom is -0.497 e. The van der Waals surface area contributed by atoms with Crippen LogP contribution < -0.4 is 10.1 Å². The zero-order valence-electron chi connectivity index (χ0n) is 12.9. The van der Waals surface area contributed by atoms with Gasteiger partial charge in [0, 0.05) is 38.6 Å². The molecule has 1 heterocycles. The molecule has 0 aromatic heterocycles. The van der Waals surface area contributed by atoms with E-state index in [9.17, 15) is 13.2 Å². The zero-order valence-corrected chi connectivity index (χ0v) is 14.6. The Morgan fingerprint density at radius 3 is 2.43 bits per heavy atom. The summed E-state index contributed by atoms with van der Waals surface area (Å²) in [6.45, 7) is 3.15. The second kappa shape index (κ2) is 10.2. The quantitative estimate of drug-likeness (QED) is 0.847. The molecule has 134 valence electrons. The first kappa shape index (κ1) is 22.3. The van der Waals surface area contributed by atoms with Crippen LogP contribution >= 0.6 is 24.8 Å². The fourth-order valence-electron chi connectivity index (χ4n) is 2.70. The number of hydrogen-bond donors (Lipinski definition) is 1. The van der Waals surface area contributed by atoms with E-state index in [-0.39, 0.29) is 37.3 Å². The highest BCUT2D eigenvalue weighted by molar-refractivity contribution is 5.85. The minimum absolute atomic E-state index is 0. The molecule has 1 aromatic rings. The van der Waals surface area contributed by atoms with Crippen molar-refractivity contribution in [3.8, 4) is 5.75 Å². The van der Waals surface area contributed by atoms with Gasteiger partial charge in [-0.25, -0.2) is 0 Å². The van der Waals surface area contributed by atoms with Gasteiger partial charge in [0.15, 0.2) is 0 Å². The van der Waals surface area contributed by atoms with E-state index in [4.69, 9.17) is 4.74 Å². The average Bonchev–Trinajstić information content (AvgIpc) is 2.48. The summed E-state index contributed by atoms with van der Waals surface area (Å²) in [6.07, 6.45) is -4.80. The molecule has 0 radical (unpaired) electrons. The maximum Gasteiger partial charge on any atom is 0.389 e. The number of rotatable bonds is 5. The Balaban J connectivity index is 0.00000242. The van der Waals surface area contributed by atoms with Gasteiger partial charge in [0.05, 0.1) is 7.11 Å². The summed E-state index contributed by atoms with van der Waals surface area (Å²) in [6, 6.07) is 7.14. The fourth-order valence-corrected chi connectivity index (χ4v) is 2.70. The number of nitrogens with one attached hydrogen (secondary N) is 1. The van der Waals surface area contributed by atoms with Crippen LogP contribution in [0.2, 0.25) is 0 Å². The van der Waals surface area contributed by atoms with Crippen LogP contribution in [0.3, 0.4) is 0 Å². The lowest BCUT2D eigenvalue weighted by Crippen LogP contribution is -2.45. The number of alkyl halides is 3. The average molecular weight is 375 g/mol. The lowest BCUT2D eigenvalue weighted by atomic mass is 9.99. The third-order valence-electron chi connectivity index (χ3n) is 3.77. The Hall–Kier alpha value is -0.690. The summed E-state index contributed by atoms with van der Waals surface area (Å²) in [7, 11) is 1.56. The minimum atomic E-state index is -4.12. The first-order valence-corrected chi connectivity index (χ1v) is 7.15. The lowest BCUT2D eigenvalue weighted by molar-refractivity contribution is -0.138. The molecule has 0 amide bonds. The van der Waals surface area contributed by atoms with Crippen molar-refractivity contribution in [3.63, 3.8) is 0 Å². The van der Waals surface area contributed by atoms with Crippen LogP contribution in [-0.4, -0.2) is 44.4 Å². The van der Waals surface area contributed by atoms with Crippen LogP contribution in [0, 0.1) is 0 Å². The van der Waals surface area contributed by atoms with Crippen molar-refractivity contribution < 1.29 is 17.9 Å². The second-order valence-electron chi connectivity index (χ2n) is 5.23. The molecule has 0 spiro atoms.